The molecule has 184 valence electrons. The number of aliphatic hydroxyl groups excluding tert-OH is 1. The predicted octanol–water partition coefficient (Wildman–Crippen LogP) is -0.408. The molecule has 22 heteroatoms. The fourth-order valence-corrected chi connectivity index (χ4v) is 5.57. The van der Waals surface area contributed by atoms with Gasteiger partial charge in [-0.25, -0.2) is 31.7 Å². The lowest BCUT2D eigenvalue weighted by Crippen LogP contribution is -2.42. The van der Waals surface area contributed by atoms with Crippen LogP contribution >= 0.6 is 23.5 Å². The first-order chi connectivity index (χ1) is 14.4. The number of alkyl halides is 2. The normalized spacial score (nSPS) is 27.9. The van der Waals surface area contributed by atoms with E-state index in [1.165, 1.54) is 0 Å². The summed E-state index contributed by atoms with van der Waals surface area (Å²) in [4.78, 5) is 50.3. The van der Waals surface area contributed by atoms with E-state index >= 15 is 0 Å². The number of hydrogen-bond donors (Lipinski definition) is 6. The smallest absolute Gasteiger partial charge is 0.388 e. The van der Waals surface area contributed by atoms with Crippen LogP contribution < -0.4 is 11.4 Å². The second kappa shape index (κ2) is 9.21. The Morgan fingerprint density at radius 2 is 1.84 bits per heavy atom. The maximum atomic E-state index is 13.7. The van der Waals surface area contributed by atoms with Crippen molar-refractivity contribution in [2.45, 2.75) is 30.8 Å². The SMILES string of the molecule is Nc1nc(=O)n(C2OC(COP(=O)(O)OP(=O)(O)OP(=O)(O)O)(C(F)F)CC2O)cc1F. The number of nitrogen functional groups attached to an aromatic ring is 1. The zero-order chi connectivity index (χ0) is 24.7. The van der Waals surface area contributed by atoms with Crippen LogP contribution in [0.15, 0.2) is 11.0 Å². The number of phosphoric ester groups is 1. The number of halogens is 3. The zero-order valence-electron chi connectivity index (χ0n) is 15.2. The van der Waals surface area contributed by atoms with Crippen LogP contribution in [0.2, 0.25) is 0 Å². The highest BCUT2D eigenvalue weighted by Crippen LogP contribution is 2.66. The van der Waals surface area contributed by atoms with Gasteiger partial charge in [-0.2, -0.15) is 13.6 Å². The van der Waals surface area contributed by atoms with Crippen LogP contribution in [0.4, 0.5) is 19.0 Å². The van der Waals surface area contributed by atoms with E-state index in [2.05, 4.69) is 18.1 Å². The summed E-state index contributed by atoms with van der Waals surface area (Å²) in [6.07, 6.45) is -8.16. The van der Waals surface area contributed by atoms with Crippen LogP contribution in [0, 0.1) is 5.82 Å². The topological polar surface area (TPSA) is 250 Å². The van der Waals surface area contributed by atoms with Crippen molar-refractivity contribution < 1.29 is 69.4 Å². The van der Waals surface area contributed by atoms with Crippen molar-refractivity contribution >= 4 is 29.3 Å². The fraction of sp³-hybridized carbons (Fsp3) is 0.600. The van der Waals surface area contributed by atoms with Crippen molar-refractivity contribution in [2.75, 3.05) is 12.3 Å². The van der Waals surface area contributed by atoms with Crippen molar-refractivity contribution in [3.8, 4) is 0 Å². The minimum atomic E-state index is -5.92. The van der Waals surface area contributed by atoms with Gasteiger partial charge in [-0.05, 0) is 0 Å². The molecule has 0 aliphatic carbocycles. The Hall–Kier alpha value is -1.20. The summed E-state index contributed by atoms with van der Waals surface area (Å²) in [5, 5.41) is 10.0. The molecule has 1 aliphatic rings. The third-order valence-electron chi connectivity index (χ3n) is 3.73. The van der Waals surface area contributed by atoms with Crippen LogP contribution in [-0.2, 0) is 31.6 Å². The van der Waals surface area contributed by atoms with Gasteiger partial charge in [-0.3, -0.25) is 9.09 Å². The number of rotatable bonds is 9. The molecule has 0 spiro atoms. The molecular formula is C10H15F3N3O13P3. The number of nitrogens with zero attached hydrogens (tertiary/aromatic N) is 2. The maximum Gasteiger partial charge on any atom is 0.490 e. The highest BCUT2D eigenvalue weighted by molar-refractivity contribution is 7.66. The highest BCUT2D eigenvalue weighted by atomic mass is 31.3. The molecule has 1 saturated heterocycles. The Kier molecular flexibility index (Phi) is 7.79. The van der Waals surface area contributed by atoms with Crippen molar-refractivity contribution in [2.24, 2.45) is 0 Å². The summed E-state index contributed by atoms with van der Waals surface area (Å²) in [6, 6.07) is 0. The van der Waals surface area contributed by atoms with Crippen LogP contribution in [-0.4, -0.2) is 59.0 Å². The minimum Gasteiger partial charge on any atom is -0.388 e. The molecule has 5 unspecified atom stereocenters. The van der Waals surface area contributed by atoms with Crippen molar-refractivity contribution in [3.05, 3.63) is 22.5 Å². The Bertz CT molecular complexity index is 1070. The van der Waals surface area contributed by atoms with E-state index in [9.17, 15) is 41.7 Å². The molecule has 0 amide bonds. The summed E-state index contributed by atoms with van der Waals surface area (Å²) in [6.45, 7) is -1.62. The van der Waals surface area contributed by atoms with Gasteiger partial charge in [0.05, 0.1) is 12.8 Å². The predicted molar refractivity (Wildman–Crippen MR) is 92.2 cm³/mol. The van der Waals surface area contributed by atoms with Gasteiger partial charge < -0.3 is 35.2 Å². The number of phosphoric acid groups is 3. The molecule has 2 rings (SSSR count). The average Bonchev–Trinajstić information content (AvgIpc) is 2.91. The van der Waals surface area contributed by atoms with Crippen molar-refractivity contribution in [3.63, 3.8) is 0 Å². The van der Waals surface area contributed by atoms with Gasteiger partial charge in [-0.1, -0.05) is 0 Å². The van der Waals surface area contributed by atoms with Crippen molar-refractivity contribution in [1.82, 2.24) is 9.55 Å². The molecule has 1 fully saturated rings. The molecule has 0 aromatic carbocycles. The molecule has 7 N–H and O–H groups in total. The van der Waals surface area contributed by atoms with Gasteiger partial charge >= 0.3 is 29.2 Å². The third-order valence-corrected chi connectivity index (χ3v) is 7.52. The summed E-state index contributed by atoms with van der Waals surface area (Å²) >= 11 is 0. The number of aliphatic hydroxyl groups is 1. The van der Waals surface area contributed by atoms with Gasteiger partial charge in [0.15, 0.2) is 23.5 Å². The standard InChI is InChI=1S/C10H15F3N3O13P3/c11-4-2-16(9(18)15-6(4)14)7-5(17)1-10(27-7,8(12)13)3-26-31(22,23)29-32(24,25)28-30(19,20)21/h2,5,7-8,17H,1,3H2,(H,22,23)(H,24,25)(H2,14,15,18)(H2,19,20,21). The van der Waals surface area contributed by atoms with Gasteiger partial charge in [0.25, 0.3) is 6.43 Å². The largest absolute Gasteiger partial charge is 0.490 e. The lowest BCUT2D eigenvalue weighted by atomic mass is 10.0. The first-order valence-corrected chi connectivity index (χ1v) is 12.3. The molecule has 1 aromatic heterocycles. The summed E-state index contributed by atoms with van der Waals surface area (Å²) in [7, 11) is -17.4. The molecule has 32 heavy (non-hydrogen) atoms. The van der Waals surface area contributed by atoms with Crippen LogP contribution in [0.25, 0.3) is 0 Å². The first-order valence-electron chi connectivity index (χ1n) is 7.83. The van der Waals surface area contributed by atoms with E-state index in [1.807, 2.05) is 0 Å². The molecule has 2 heterocycles. The molecule has 1 aromatic rings. The number of nitrogens with two attached hydrogens (primary N) is 1. The van der Waals surface area contributed by atoms with E-state index in [0.717, 1.165) is 0 Å². The van der Waals surface area contributed by atoms with E-state index in [4.69, 9.17) is 25.2 Å². The Morgan fingerprint density at radius 1 is 1.25 bits per heavy atom. The van der Waals surface area contributed by atoms with Gasteiger partial charge in [0.2, 0.25) is 0 Å². The lowest BCUT2D eigenvalue weighted by molar-refractivity contribution is -0.171. The van der Waals surface area contributed by atoms with E-state index in [1.54, 1.807) is 0 Å². The van der Waals surface area contributed by atoms with Crippen molar-refractivity contribution in [1.29, 1.82) is 0 Å². The quantitative estimate of drug-likeness (QED) is 0.220. The van der Waals surface area contributed by atoms with Crippen LogP contribution in [0.5, 0.6) is 0 Å². The number of aromatic nitrogens is 2. The van der Waals surface area contributed by atoms with E-state index in [-0.39, 0.29) is 4.57 Å². The van der Waals surface area contributed by atoms with Gasteiger partial charge in [-0.15, -0.1) is 0 Å². The van der Waals surface area contributed by atoms with E-state index in [0.29, 0.717) is 6.20 Å². The first kappa shape index (κ1) is 27.0. The zero-order valence-corrected chi connectivity index (χ0v) is 17.9. The molecular weight excluding hydrogens is 520 g/mol. The van der Waals surface area contributed by atoms with Crippen LogP contribution in [0.3, 0.4) is 0 Å². The summed E-state index contributed by atoms with van der Waals surface area (Å²) in [5.41, 5.74) is 0.853. The Labute approximate surface area is 174 Å². The molecule has 1 aliphatic heterocycles. The minimum absolute atomic E-state index is 0.283. The molecule has 5 atom stereocenters. The molecule has 0 saturated carbocycles. The van der Waals surface area contributed by atoms with Crippen LogP contribution in [0.1, 0.15) is 12.6 Å². The molecule has 0 radical (unpaired) electrons. The summed E-state index contributed by atoms with van der Waals surface area (Å²) < 4.78 is 90.8. The number of anilines is 1. The molecule has 0 bridgehead atoms. The number of hydrogen-bond acceptors (Lipinski definition) is 11. The van der Waals surface area contributed by atoms with Gasteiger partial charge in [0, 0.05) is 6.42 Å². The fourth-order valence-electron chi connectivity index (χ4n) is 2.49. The Balaban J connectivity index is 2.23. The maximum absolute atomic E-state index is 13.7. The summed E-state index contributed by atoms with van der Waals surface area (Å²) in [5.74, 6) is -2.09. The average molecular weight is 535 g/mol. The second-order valence-corrected chi connectivity index (χ2v) is 10.6. The number of ether oxygens (including phenoxy) is 1. The highest BCUT2D eigenvalue weighted by Gasteiger charge is 2.55. The second-order valence-electron chi connectivity index (χ2n) is 6.17. The third kappa shape index (κ3) is 6.66. The Morgan fingerprint density at radius 3 is 2.38 bits per heavy atom. The van der Waals surface area contributed by atoms with E-state index < -0.39 is 78.2 Å². The lowest BCUT2D eigenvalue weighted by Gasteiger charge is -2.28. The van der Waals surface area contributed by atoms with Gasteiger partial charge in [0.1, 0.15) is 6.10 Å². The monoisotopic (exact) mass is 535 g/mol. The molecule has 16 nitrogen and oxygen atoms in total.